The summed E-state index contributed by atoms with van der Waals surface area (Å²) in [6, 6.07) is 2.23. The molecule has 2 aliphatic heterocycles. The lowest BCUT2D eigenvalue weighted by atomic mass is 9.88. The van der Waals surface area contributed by atoms with E-state index in [2.05, 4.69) is 46.3 Å². The first-order chi connectivity index (χ1) is 15.6. The van der Waals surface area contributed by atoms with Crippen LogP contribution in [0, 0.1) is 17.8 Å². The van der Waals surface area contributed by atoms with Gasteiger partial charge < -0.3 is 14.2 Å². The number of hydrogen-bond donors (Lipinski definition) is 0. The molecule has 0 aromatic heterocycles. The minimum absolute atomic E-state index is 0.0646. The van der Waals surface area contributed by atoms with E-state index in [9.17, 15) is 14.4 Å². The molecule has 2 heterocycles. The number of hydrogen-bond acceptors (Lipinski definition) is 6. The average molecular weight is 507 g/mol. The molecule has 4 fully saturated rings. The van der Waals surface area contributed by atoms with E-state index in [0.29, 0.717) is 17.1 Å². The van der Waals surface area contributed by atoms with E-state index in [1.807, 2.05) is 0 Å². The third-order valence-corrected chi connectivity index (χ3v) is 18.7. The summed E-state index contributed by atoms with van der Waals surface area (Å²) >= 11 is 0. The lowest BCUT2D eigenvalue weighted by Crippen LogP contribution is -2.56. The van der Waals surface area contributed by atoms with Crippen LogP contribution in [0.25, 0.3) is 0 Å². The first-order valence-corrected chi connectivity index (χ1v) is 19.4. The molecule has 0 N–H and O–H groups in total. The predicted molar refractivity (Wildman–Crippen MR) is 138 cm³/mol. The highest BCUT2D eigenvalue weighted by molar-refractivity contribution is 6.96. The second-order valence-electron chi connectivity index (χ2n) is 12.6. The molecule has 190 valence electrons. The number of carbonyl (C=O) groups excluding carboxylic acids is 3. The topological polar surface area (TPSA) is 78.9 Å². The van der Waals surface area contributed by atoms with E-state index in [1.165, 1.54) is 5.67 Å². The fourth-order valence-corrected chi connectivity index (χ4v) is 23.2. The Kier molecular flexibility index (Phi) is 7.45. The largest absolute Gasteiger partial charge is 0.458 e. The van der Waals surface area contributed by atoms with Crippen molar-refractivity contribution in [1.82, 2.24) is 0 Å². The molecule has 2 saturated carbocycles. The lowest BCUT2D eigenvalue weighted by Gasteiger charge is -2.49. The predicted octanol–water partition coefficient (Wildman–Crippen LogP) is 5.28. The Balaban J connectivity index is 0.000000191. The summed E-state index contributed by atoms with van der Waals surface area (Å²) in [6.07, 6.45) is 2.28. The van der Waals surface area contributed by atoms with Crippen LogP contribution in [-0.4, -0.2) is 51.9 Å². The maximum atomic E-state index is 11.9. The molecule has 0 aromatic rings. The summed E-state index contributed by atoms with van der Waals surface area (Å²) in [5.74, 6) is -0.0401. The maximum Gasteiger partial charge on any atom is 0.333 e. The van der Waals surface area contributed by atoms with Gasteiger partial charge >= 0.3 is 17.9 Å². The zero-order chi connectivity index (χ0) is 25.6. The van der Waals surface area contributed by atoms with Crippen molar-refractivity contribution in [3.05, 3.63) is 24.3 Å². The summed E-state index contributed by atoms with van der Waals surface area (Å²) in [5, 5.41) is 0. The molecule has 0 radical (unpaired) electrons. The van der Waals surface area contributed by atoms with Gasteiger partial charge in [-0.05, 0) is 45.2 Å². The third-order valence-electron chi connectivity index (χ3n) is 7.87. The van der Waals surface area contributed by atoms with Crippen molar-refractivity contribution in [2.45, 2.75) is 102 Å². The van der Waals surface area contributed by atoms with Gasteiger partial charge in [0.25, 0.3) is 0 Å². The molecule has 5 unspecified atom stereocenters. The van der Waals surface area contributed by atoms with Crippen LogP contribution in [0.4, 0.5) is 0 Å². The monoisotopic (exact) mass is 506 g/mol. The minimum Gasteiger partial charge on any atom is -0.458 e. The van der Waals surface area contributed by atoms with Gasteiger partial charge in [-0.3, -0.25) is 4.79 Å². The van der Waals surface area contributed by atoms with Crippen molar-refractivity contribution in [2.75, 3.05) is 0 Å². The normalized spacial score (nSPS) is 33.3. The fourth-order valence-electron chi connectivity index (χ4n) is 7.19. The summed E-state index contributed by atoms with van der Waals surface area (Å²) in [5.41, 5.74) is 2.17. The zero-order valence-electron chi connectivity index (χ0n) is 22.0. The molecule has 2 aliphatic carbocycles. The van der Waals surface area contributed by atoms with Crippen LogP contribution in [0.5, 0.6) is 0 Å². The number of rotatable bonds is 5. The van der Waals surface area contributed by atoms with Gasteiger partial charge in [0.2, 0.25) is 0 Å². The Hall–Kier alpha value is -1.68. The van der Waals surface area contributed by atoms with Crippen molar-refractivity contribution in [1.29, 1.82) is 0 Å². The van der Waals surface area contributed by atoms with Gasteiger partial charge in [-0.25, -0.2) is 9.59 Å². The molecule has 4 rings (SSSR count). The molecule has 6 nitrogen and oxygen atoms in total. The maximum absolute atomic E-state index is 11.9. The number of esters is 3. The summed E-state index contributed by atoms with van der Waals surface area (Å²) in [6.45, 7) is 22.6. The van der Waals surface area contributed by atoms with Crippen molar-refractivity contribution >= 4 is 34.1 Å². The molecular formula is C26H42O6Si2. The summed E-state index contributed by atoms with van der Waals surface area (Å²) in [7, 11) is -2.46. The van der Waals surface area contributed by atoms with Crippen molar-refractivity contribution in [3.8, 4) is 0 Å². The summed E-state index contributed by atoms with van der Waals surface area (Å²) < 4.78 is 16.5. The third kappa shape index (κ3) is 5.59. The van der Waals surface area contributed by atoms with Crippen LogP contribution in [0.3, 0.4) is 0 Å². The van der Waals surface area contributed by atoms with Crippen molar-refractivity contribution in [2.24, 2.45) is 17.8 Å². The quantitative estimate of drug-likeness (QED) is 0.218. The standard InChI is InChI=1S/C14H28O2Si2.C12H14O4/c1-8-14(16-13(15)12(2)3)9-17(4,5)11-18(6,7)10-14;1-5(2)11(13)15-9-6-3-7-8(4-6)12(14)16-10(7)9/h2,8-11H2,1,3-7H3;6-10H,1,3-4H2,2H3. The first-order valence-electron chi connectivity index (χ1n) is 12.5. The molecule has 2 bridgehead atoms. The van der Waals surface area contributed by atoms with Gasteiger partial charge in [0.15, 0.2) is 0 Å². The highest BCUT2D eigenvalue weighted by atomic mass is 28.4. The average Bonchev–Trinajstić information content (AvgIpc) is 3.31. The van der Waals surface area contributed by atoms with E-state index in [1.54, 1.807) is 13.8 Å². The number of carbonyl (C=O) groups is 3. The smallest absolute Gasteiger partial charge is 0.333 e. The minimum atomic E-state index is -1.23. The highest BCUT2D eigenvalue weighted by Gasteiger charge is 2.63. The Morgan fingerprint density at radius 2 is 1.59 bits per heavy atom. The van der Waals surface area contributed by atoms with Gasteiger partial charge in [-0.15, -0.1) is 0 Å². The van der Waals surface area contributed by atoms with Crippen molar-refractivity contribution in [3.63, 3.8) is 0 Å². The molecule has 4 aliphatic rings. The molecule has 0 amide bonds. The Morgan fingerprint density at radius 1 is 1.03 bits per heavy atom. The lowest BCUT2D eigenvalue weighted by molar-refractivity contribution is -0.158. The second kappa shape index (κ2) is 9.41. The number of fused-ring (bicyclic) bond motifs is 1. The fraction of sp³-hybridized carbons (Fsp3) is 0.731. The van der Waals surface area contributed by atoms with Gasteiger partial charge in [0, 0.05) is 39.1 Å². The SMILES string of the molecule is C=C(C)C(=O)OC1(CC)C[Si](C)(C)C[Si](C)(C)C1.C=C(C)C(=O)OC1C2CC3C(=O)OC1C3C2. The molecule has 0 spiro atoms. The van der Waals surface area contributed by atoms with E-state index in [-0.39, 0.29) is 47.6 Å². The Bertz CT molecular complexity index is 876. The van der Waals surface area contributed by atoms with Crippen LogP contribution in [0.1, 0.15) is 40.0 Å². The van der Waals surface area contributed by atoms with Gasteiger partial charge in [0.1, 0.15) is 17.8 Å². The van der Waals surface area contributed by atoms with E-state index in [0.717, 1.165) is 31.4 Å². The van der Waals surface area contributed by atoms with E-state index >= 15 is 0 Å². The van der Waals surface area contributed by atoms with E-state index in [4.69, 9.17) is 14.2 Å². The summed E-state index contributed by atoms with van der Waals surface area (Å²) in [4.78, 5) is 34.9. The molecule has 0 aromatic carbocycles. The van der Waals surface area contributed by atoms with Gasteiger partial charge in [-0.1, -0.05) is 51.9 Å². The molecular weight excluding hydrogens is 464 g/mol. The molecule has 5 atom stereocenters. The Labute approximate surface area is 206 Å². The van der Waals surface area contributed by atoms with Crippen LogP contribution < -0.4 is 0 Å². The van der Waals surface area contributed by atoms with Crippen LogP contribution in [0.2, 0.25) is 43.9 Å². The molecule has 34 heavy (non-hydrogen) atoms. The molecule has 8 heteroatoms. The highest BCUT2D eigenvalue weighted by Crippen LogP contribution is 2.55. The number of ether oxygens (including phenoxy) is 3. The zero-order valence-corrected chi connectivity index (χ0v) is 24.0. The van der Waals surface area contributed by atoms with E-state index < -0.39 is 16.1 Å². The van der Waals surface area contributed by atoms with Gasteiger partial charge in [-0.2, -0.15) is 0 Å². The second-order valence-corrected chi connectivity index (χ2v) is 23.4. The van der Waals surface area contributed by atoms with Crippen molar-refractivity contribution < 1.29 is 28.6 Å². The van der Waals surface area contributed by atoms with Gasteiger partial charge in [0.05, 0.1) is 5.92 Å². The molecule has 2 saturated heterocycles. The van der Waals surface area contributed by atoms with Crippen LogP contribution in [-0.2, 0) is 28.6 Å². The van der Waals surface area contributed by atoms with Crippen LogP contribution in [0.15, 0.2) is 24.3 Å². The first kappa shape index (κ1) is 26.9. The van der Waals surface area contributed by atoms with Crippen LogP contribution >= 0.6 is 0 Å². The Morgan fingerprint density at radius 3 is 2.09 bits per heavy atom.